The third-order valence-corrected chi connectivity index (χ3v) is 5.81. The number of nitrogens with zero attached hydrogens (tertiary/aromatic N) is 2. The maximum Gasteiger partial charge on any atom is 0.376 e. The van der Waals surface area contributed by atoms with Crippen LogP contribution in [0.25, 0.3) is 0 Å². The Morgan fingerprint density at radius 1 is 1.31 bits per heavy atom. The topological polar surface area (TPSA) is 53.9 Å². The fourth-order valence-corrected chi connectivity index (χ4v) is 5.04. The van der Waals surface area contributed by atoms with Gasteiger partial charge in [0.2, 0.25) is 5.84 Å². The van der Waals surface area contributed by atoms with Crippen molar-refractivity contribution in [3.8, 4) is 0 Å². The number of anilines is 1. The molecule has 1 saturated heterocycles. The second-order valence-electron chi connectivity index (χ2n) is 8.62. The van der Waals surface area contributed by atoms with Crippen LogP contribution in [0.2, 0.25) is 0 Å². The van der Waals surface area contributed by atoms with E-state index in [9.17, 15) is 4.79 Å². The molecule has 26 heavy (non-hydrogen) atoms. The van der Waals surface area contributed by atoms with Crippen LogP contribution in [0.15, 0.2) is 33.8 Å². The molecule has 1 aromatic rings. The zero-order valence-corrected chi connectivity index (χ0v) is 17.6. The van der Waals surface area contributed by atoms with Gasteiger partial charge in [-0.2, -0.15) is 0 Å². The molecule has 0 unspecified atom stereocenters. The monoisotopic (exact) mass is 421 g/mol. The first-order valence-corrected chi connectivity index (χ1v) is 10.0. The van der Waals surface area contributed by atoms with E-state index in [1.165, 1.54) is 6.42 Å². The van der Waals surface area contributed by atoms with E-state index in [1.54, 1.807) is 0 Å². The number of esters is 1. The SMILES string of the molecule is CCOC(=O)/C(=N/Nc1ccc(Br)cc1)N1C[C@@]2(C)C[C@@H]1CC(C)(C)C2. The Labute approximate surface area is 164 Å². The number of carbonyl (C=O) groups excluding carboxylic acids is 1. The number of ether oxygens (including phenoxy) is 1. The highest BCUT2D eigenvalue weighted by Crippen LogP contribution is 2.52. The van der Waals surface area contributed by atoms with Gasteiger partial charge >= 0.3 is 5.97 Å². The number of carbonyl (C=O) groups is 1. The second-order valence-corrected chi connectivity index (χ2v) is 9.53. The van der Waals surface area contributed by atoms with Gasteiger partial charge in [0.15, 0.2) is 0 Å². The first kappa shape index (κ1) is 19.2. The Kier molecular flexibility index (Phi) is 5.33. The summed E-state index contributed by atoms with van der Waals surface area (Å²) in [5.41, 5.74) is 4.37. The summed E-state index contributed by atoms with van der Waals surface area (Å²) in [4.78, 5) is 14.8. The molecule has 0 aromatic heterocycles. The molecule has 2 bridgehead atoms. The lowest BCUT2D eigenvalue weighted by Gasteiger charge is -2.39. The van der Waals surface area contributed by atoms with Gasteiger partial charge in [-0.1, -0.05) is 36.7 Å². The van der Waals surface area contributed by atoms with Gasteiger partial charge in [-0.15, -0.1) is 5.10 Å². The van der Waals surface area contributed by atoms with E-state index in [-0.39, 0.29) is 16.8 Å². The number of hydrogen-bond acceptors (Lipinski definition) is 4. The largest absolute Gasteiger partial charge is 0.460 e. The van der Waals surface area contributed by atoms with Gasteiger partial charge in [0.25, 0.3) is 0 Å². The average Bonchev–Trinajstić information content (AvgIpc) is 2.78. The zero-order chi connectivity index (χ0) is 18.9. The molecule has 0 spiro atoms. The number of hydrazone groups is 1. The van der Waals surface area contributed by atoms with Crippen LogP contribution in [-0.4, -0.2) is 35.9 Å². The van der Waals surface area contributed by atoms with Crippen LogP contribution in [0, 0.1) is 10.8 Å². The van der Waals surface area contributed by atoms with Crippen LogP contribution in [0.5, 0.6) is 0 Å². The van der Waals surface area contributed by atoms with Gasteiger partial charge in [-0.05, 0) is 61.3 Å². The Morgan fingerprint density at radius 3 is 2.65 bits per heavy atom. The van der Waals surface area contributed by atoms with E-state index in [0.717, 1.165) is 29.5 Å². The molecule has 1 N–H and O–H groups in total. The molecule has 0 amide bonds. The Balaban J connectivity index is 1.86. The van der Waals surface area contributed by atoms with Gasteiger partial charge in [-0.25, -0.2) is 4.79 Å². The summed E-state index contributed by atoms with van der Waals surface area (Å²) >= 11 is 3.42. The number of amidine groups is 1. The van der Waals surface area contributed by atoms with E-state index in [2.05, 4.69) is 52.1 Å². The van der Waals surface area contributed by atoms with E-state index >= 15 is 0 Å². The van der Waals surface area contributed by atoms with Gasteiger partial charge in [0.05, 0.1) is 12.3 Å². The first-order chi connectivity index (χ1) is 12.2. The predicted octanol–water partition coefficient (Wildman–Crippen LogP) is 4.64. The third-order valence-electron chi connectivity index (χ3n) is 5.28. The minimum absolute atomic E-state index is 0.220. The lowest BCUT2D eigenvalue weighted by Crippen LogP contribution is -2.42. The molecular weight excluding hydrogens is 394 g/mol. The summed E-state index contributed by atoms with van der Waals surface area (Å²) < 4.78 is 6.30. The van der Waals surface area contributed by atoms with E-state index in [1.807, 2.05) is 31.2 Å². The van der Waals surface area contributed by atoms with Crippen molar-refractivity contribution in [3.63, 3.8) is 0 Å². The first-order valence-electron chi connectivity index (χ1n) is 9.24. The molecule has 1 aliphatic heterocycles. The van der Waals surface area contributed by atoms with Crippen molar-refractivity contribution in [2.75, 3.05) is 18.6 Å². The molecule has 2 atom stereocenters. The molecule has 2 aliphatic rings. The quantitative estimate of drug-likeness (QED) is 0.334. The Bertz CT molecular complexity index is 702. The molecule has 2 fully saturated rings. The van der Waals surface area contributed by atoms with Gasteiger partial charge in [0.1, 0.15) is 0 Å². The lowest BCUT2D eigenvalue weighted by molar-refractivity contribution is -0.136. The van der Waals surface area contributed by atoms with Crippen molar-refractivity contribution in [2.45, 2.75) is 53.0 Å². The van der Waals surface area contributed by atoms with E-state index in [4.69, 9.17) is 4.74 Å². The maximum atomic E-state index is 12.6. The average molecular weight is 422 g/mol. The summed E-state index contributed by atoms with van der Waals surface area (Å²) in [6, 6.07) is 8.05. The van der Waals surface area contributed by atoms with Gasteiger partial charge < -0.3 is 9.64 Å². The fourth-order valence-electron chi connectivity index (χ4n) is 4.77. The van der Waals surface area contributed by atoms with E-state index < -0.39 is 0 Å². The third kappa shape index (κ3) is 4.22. The molecule has 5 nitrogen and oxygen atoms in total. The van der Waals surface area contributed by atoms with Crippen LogP contribution < -0.4 is 5.43 Å². The van der Waals surface area contributed by atoms with Crippen molar-refractivity contribution in [2.24, 2.45) is 15.9 Å². The molecule has 1 saturated carbocycles. The maximum absolute atomic E-state index is 12.6. The number of fused-ring (bicyclic) bond motifs is 2. The van der Waals surface area contributed by atoms with Gasteiger partial charge in [0, 0.05) is 17.1 Å². The number of hydrogen-bond donors (Lipinski definition) is 1. The van der Waals surface area contributed by atoms with Crippen molar-refractivity contribution in [1.82, 2.24) is 4.90 Å². The van der Waals surface area contributed by atoms with Crippen LogP contribution in [0.1, 0.15) is 47.0 Å². The normalized spacial score (nSPS) is 27.3. The van der Waals surface area contributed by atoms with Crippen molar-refractivity contribution in [1.29, 1.82) is 0 Å². The summed E-state index contributed by atoms with van der Waals surface area (Å²) in [6.07, 6.45) is 3.34. The molecule has 1 aromatic carbocycles. The molecule has 1 aliphatic carbocycles. The van der Waals surface area contributed by atoms with Crippen molar-refractivity contribution < 1.29 is 9.53 Å². The van der Waals surface area contributed by atoms with Crippen molar-refractivity contribution >= 4 is 33.4 Å². The number of halogens is 1. The molecular formula is C20H28BrN3O2. The standard InChI is InChI=1S/C20H28BrN3O2/c1-5-26-18(25)17(23-22-15-8-6-14(21)7-9-15)24-13-20(4)11-16(24)10-19(2,3)12-20/h6-9,16,22H,5,10-13H2,1-4H3/b23-17-/t16-,20-/m0/s1. The van der Waals surface area contributed by atoms with Crippen molar-refractivity contribution in [3.05, 3.63) is 28.7 Å². The summed E-state index contributed by atoms with van der Waals surface area (Å²) in [7, 11) is 0. The highest BCUT2D eigenvalue weighted by atomic mass is 79.9. The Hall–Kier alpha value is -1.56. The summed E-state index contributed by atoms with van der Waals surface area (Å²) in [5.74, 6) is 0.0345. The number of benzene rings is 1. The minimum Gasteiger partial charge on any atom is -0.460 e. The molecule has 0 radical (unpaired) electrons. The van der Waals surface area contributed by atoms with Gasteiger partial charge in [-0.3, -0.25) is 5.43 Å². The molecule has 6 heteroatoms. The second kappa shape index (κ2) is 7.22. The van der Waals surface area contributed by atoms with Crippen LogP contribution >= 0.6 is 15.9 Å². The lowest BCUT2D eigenvalue weighted by atomic mass is 9.65. The van der Waals surface area contributed by atoms with Crippen LogP contribution in [0.3, 0.4) is 0 Å². The number of likely N-dealkylation sites (tertiary alicyclic amines) is 1. The zero-order valence-electron chi connectivity index (χ0n) is 16.0. The Morgan fingerprint density at radius 2 is 2.00 bits per heavy atom. The van der Waals surface area contributed by atoms with Crippen LogP contribution in [0.4, 0.5) is 5.69 Å². The highest BCUT2D eigenvalue weighted by molar-refractivity contribution is 9.10. The molecule has 142 valence electrons. The van der Waals surface area contributed by atoms with E-state index in [0.29, 0.717) is 18.5 Å². The summed E-state index contributed by atoms with van der Waals surface area (Å²) in [6.45, 7) is 9.98. The minimum atomic E-state index is -0.355. The highest BCUT2D eigenvalue weighted by Gasteiger charge is 2.51. The smallest absolute Gasteiger partial charge is 0.376 e. The predicted molar refractivity (Wildman–Crippen MR) is 108 cm³/mol. The summed E-state index contributed by atoms with van der Waals surface area (Å²) in [5, 5.41) is 4.47. The van der Waals surface area contributed by atoms with Crippen LogP contribution in [-0.2, 0) is 9.53 Å². The fraction of sp³-hybridized carbons (Fsp3) is 0.600. The number of nitrogens with one attached hydrogen (secondary N) is 1. The molecule has 1 heterocycles. The molecule has 3 rings (SSSR count). The number of rotatable bonds is 3.